The predicted octanol–water partition coefficient (Wildman–Crippen LogP) is 2.03. The van der Waals surface area contributed by atoms with E-state index in [1.165, 1.54) is 0 Å². The molecule has 0 unspecified atom stereocenters. The Morgan fingerprint density at radius 2 is 2.18 bits per heavy atom. The monoisotopic (exact) mass is 235 g/mol. The van der Waals surface area contributed by atoms with Crippen molar-refractivity contribution >= 4 is 5.91 Å². The van der Waals surface area contributed by atoms with Crippen molar-refractivity contribution in [1.82, 2.24) is 5.48 Å². The maximum atomic E-state index is 11.7. The minimum absolute atomic E-state index is 0.208. The molecule has 4 heteroatoms. The molecule has 1 amide bonds. The molecule has 0 radical (unpaired) electrons. The molecule has 4 nitrogen and oxygen atoms in total. The molecule has 1 aromatic carbocycles. The number of nitrogens with one attached hydrogen (secondary N) is 1. The number of ether oxygens (including phenoxy) is 1. The van der Waals surface area contributed by atoms with E-state index in [9.17, 15) is 4.79 Å². The van der Waals surface area contributed by atoms with Gasteiger partial charge in [-0.25, -0.2) is 5.48 Å². The van der Waals surface area contributed by atoms with Crippen molar-refractivity contribution in [2.24, 2.45) is 5.92 Å². The van der Waals surface area contributed by atoms with Gasteiger partial charge in [0, 0.05) is 5.56 Å². The van der Waals surface area contributed by atoms with Gasteiger partial charge >= 0.3 is 0 Å². The molecular weight excluding hydrogens is 218 g/mol. The van der Waals surface area contributed by atoms with Crippen molar-refractivity contribution < 1.29 is 14.4 Å². The van der Waals surface area contributed by atoms with Crippen LogP contribution in [0.5, 0.6) is 0 Å². The van der Waals surface area contributed by atoms with E-state index >= 15 is 0 Å². The molecule has 1 aliphatic rings. The molecule has 92 valence electrons. The van der Waals surface area contributed by atoms with Crippen LogP contribution in [0.4, 0.5) is 0 Å². The van der Waals surface area contributed by atoms with Crippen LogP contribution in [0.25, 0.3) is 0 Å². The first-order chi connectivity index (χ1) is 8.16. The molecule has 1 aromatic rings. The fourth-order valence-electron chi connectivity index (χ4n) is 1.65. The van der Waals surface area contributed by atoms with Gasteiger partial charge < -0.3 is 4.74 Å². The van der Waals surface area contributed by atoms with E-state index in [1.807, 2.05) is 26.0 Å². The average molecular weight is 235 g/mol. The Labute approximate surface area is 101 Å². The summed E-state index contributed by atoms with van der Waals surface area (Å²) < 4.78 is 5.30. The second kappa shape index (κ2) is 5.29. The smallest absolute Gasteiger partial charge is 0.274 e. The van der Waals surface area contributed by atoms with E-state index in [2.05, 4.69) is 5.48 Å². The molecule has 0 fully saturated rings. The van der Waals surface area contributed by atoms with Gasteiger partial charge in [-0.3, -0.25) is 9.63 Å². The van der Waals surface area contributed by atoms with E-state index in [-0.39, 0.29) is 5.91 Å². The lowest BCUT2D eigenvalue weighted by atomic mass is 10.1. The van der Waals surface area contributed by atoms with E-state index < -0.39 is 0 Å². The highest BCUT2D eigenvalue weighted by molar-refractivity contribution is 5.93. The SMILES string of the molecule is CC(C)CONC(=O)c1ccc2c(c1)COC2. The van der Waals surface area contributed by atoms with Crippen LogP contribution in [0.1, 0.15) is 35.3 Å². The lowest BCUT2D eigenvalue weighted by molar-refractivity contribution is 0.0208. The largest absolute Gasteiger partial charge is 0.372 e. The summed E-state index contributed by atoms with van der Waals surface area (Å²) >= 11 is 0. The normalized spacial score (nSPS) is 13.8. The van der Waals surface area contributed by atoms with Gasteiger partial charge in [-0.05, 0) is 29.2 Å². The molecular formula is C13H17NO3. The van der Waals surface area contributed by atoms with Crippen LogP contribution in [0, 0.1) is 5.92 Å². The number of hydroxylamine groups is 1. The molecule has 0 aromatic heterocycles. The van der Waals surface area contributed by atoms with Crippen LogP contribution in [0.15, 0.2) is 18.2 Å². The first-order valence-corrected chi connectivity index (χ1v) is 5.78. The Balaban J connectivity index is 1.95. The predicted molar refractivity (Wildman–Crippen MR) is 63.2 cm³/mol. The number of fused-ring (bicyclic) bond motifs is 1. The zero-order valence-corrected chi connectivity index (χ0v) is 10.2. The second-order valence-electron chi connectivity index (χ2n) is 4.61. The van der Waals surface area contributed by atoms with Gasteiger partial charge in [-0.2, -0.15) is 0 Å². The number of carbonyl (C=O) groups excluding carboxylic acids is 1. The Morgan fingerprint density at radius 1 is 1.41 bits per heavy atom. The fourth-order valence-corrected chi connectivity index (χ4v) is 1.65. The second-order valence-corrected chi connectivity index (χ2v) is 4.61. The Hall–Kier alpha value is -1.39. The van der Waals surface area contributed by atoms with Crippen molar-refractivity contribution in [1.29, 1.82) is 0 Å². The Morgan fingerprint density at radius 3 is 2.94 bits per heavy atom. The zero-order valence-electron chi connectivity index (χ0n) is 10.2. The van der Waals surface area contributed by atoms with Crippen LogP contribution in [-0.4, -0.2) is 12.5 Å². The maximum Gasteiger partial charge on any atom is 0.274 e. The Bertz CT molecular complexity index is 415. The molecule has 1 aliphatic heterocycles. The highest BCUT2D eigenvalue weighted by atomic mass is 16.6. The number of amides is 1. The van der Waals surface area contributed by atoms with Crippen LogP contribution in [0.2, 0.25) is 0 Å². The molecule has 0 bridgehead atoms. The van der Waals surface area contributed by atoms with Crippen molar-refractivity contribution in [3.63, 3.8) is 0 Å². The van der Waals surface area contributed by atoms with Gasteiger partial charge in [0.15, 0.2) is 0 Å². The summed E-state index contributed by atoms with van der Waals surface area (Å²) in [4.78, 5) is 16.8. The lowest BCUT2D eigenvalue weighted by Crippen LogP contribution is -2.25. The molecule has 0 saturated carbocycles. The molecule has 1 N–H and O–H groups in total. The van der Waals surface area contributed by atoms with Gasteiger partial charge in [0.2, 0.25) is 0 Å². The minimum Gasteiger partial charge on any atom is -0.372 e. The summed E-state index contributed by atoms with van der Waals surface area (Å²) in [5.41, 5.74) is 5.29. The summed E-state index contributed by atoms with van der Waals surface area (Å²) in [7, 11) is 0. The standard InChI is InChI=1S/C13H17NO3/c1-9(2)6-17-14-13(15)10-3-4-11-7-16-8-12(11)5-10/h3-5,9H,6-8H2,1-2H3,(H,14,15). The highest BCUT2D eigenvalue weighted by Crippen LogP contribution is 2.20. The van der Waals surface area contributed by atoms with Crippen LogP contribution in [-0.2, 0) is 22.8 Å². The molecule has 2 rings (SSSR count). The zero-order chi connectivity index (χ0) is 12.3. The lowest BCUT2D eigenvalue weighted by Gasteiger charge is -2.08. The molecule has 0 saturated heterocycles. The van der Waals surface area contributed by atoms with E-state index in [0.29, 0.717) is 31.3 Å². The third-order valence-electron chi connectivity index (χ3n) is 2.57. The maximum absolute atomic E-state index is 11.7. The van der Waals surface area contributed by atoms with Crippen molar-refractivity contribution in [3.8, 4) is 0 Å². The van der Waals surface area contributed by atoms with Gasteiger partial charge in [-0.15, -0.1) is 0 Å². The molecule has 17 heavy (non-hydrogen) atoms. The average Bonchev–Trinajstić information content (AvgIpc) is 2.75. The van der Waals surface area contributed by atoms with Gasteiger partial charge in [0.25, 0.3) is 5.91 Å². The number of carbonyl (C=O) groups is 1. The third-order valence-corrected chi connectivity index (χ3v) is 2.57. The summed E-state index contributed by atoms with van der Waals surface area (Å²) in [6, 6.07) is 5.58. The first kappa shape index (κ1) is 12.1. The van der Waals surface area contributed by atoms with Crippen molar-refractivity contribution in [2.45, 2.75) is 27.1 Å². The van der Waals surface area contributed by atoms with Crippen LogP contribution >= 0.6 is 0 Å². The van der Waals surface area contributed by atoms with E-state index in [1.54, 1.807) is 6.07 Å². The van der Waals surface area contributed by atoms with Gasteiger partial charge in [0.1, 0.15) is 0 Å². The quantitative estimate of drug-likeness (QED) is 0.812. The molecule has 0 atom stereocenters. The van der Waals surface area contributed by atoms with E-state index in [4.69, 9.17) is 9.57 Å². The number of benzene rings is 1. The number of hydrogen-bond acceptors (Lipinski definition) is 3. The summed E-state index contributed by atoms with van der Waals surface area (Å²) in [5, 5.41) is 0. The molecule has 1 heterocycles. The summed E-state index contributed by atoms with van der Waals surface area (Å²) in [5.74, 6) is 0.184. The molecule has 0 spiro atoms. The Kier molecular flexibility index (Phi) is 3.76. The van der Waals surface area contributed by atoms with E-state index in [0.717, 1.165) is 11.1 Å². The summed E-state index contributed by atoms with van der Waals surface area (Å²) in [6.45, 7) is 5.79. The minimum atomic E-state index is -0.208. The van der Waals surface area contributed by atoms with Crippen LogP contribution in [0.3, 0.4) is 0 Å². The number of hydrogen-bond donors (Lipinski definition) is 1. The van der Waals surface area contributed by atoms with Crippen LogP contribution < -0.4 is 5.48 Å². The fraction of sp³-hybridized carbons (Fsp3) is 0.462. The van der Waals surface area contributed by atoms with Crippen molar-refractivity contribution in [2.75, 3.05) is 6.61 Å². The van der Waals surface area contributed by atoms with Gasteiger partial charge in [0.05, 0.1) is 19.8 Å². The highest BCUT2D eigenvalue weighted by Gasteiger charge is 2.14. The number of rotatable bonds is 4. The summed E-state index contributed by atoms with van der Waals surface area (Å²) in [6.07, 6.45) is 0. The van der Waals surface area contributed by atoms with Crippen molar-refractivity contribution in [3.05, 3.63) is 34.9 Å². The van der Waals surface area contributed by atoms with Gasteiger partial charge in [-0.1, -0.05) is 19.9 Å². The third kappa shape index (κ3) is 3.05. The topological polar surface area (TPSA) is 47.6 Å². The first-order valence-electron chi connectivity index (χ1n) is 5.78. The molecule has 0 aliphatic carbocycles.